The van der Waals surface area contributed by atoms with Gasteiger partial charge in [-0.15, -0.1) is 6.42 Å². The lowest BCUT2D eigenvalue weighted by Crippen LogP contribution is -2.03. The van der Waals surface area contributed by atoms with Crippen molar-refractivity contribution in [3.63, 3.8) is 0 Å². The van der Waals surface area contributed by atoms with Gasteiger partial charge in [0.25, 0.3) is 0 Å². The molecule has 0 atom stereocenters. The number of aromatic nitrogens is 1. The summed E-state index contributed by atoms with van der Waals surface area (Å²) in [7, 11) is 0. The quantitative estimate of drug-likeness (QED) is 0.329. The van der Waals surface area contributed by atoms with Crippen LogP contribution in [0.4, 0.5) is 0 Å². The van der Waals surface area contributed by atoms with Crippen molar-refractivity contribution < 1.29 is 9.62 Å². The number of rotatable bonds is 1. The Morgan fingerprint density at radius 2 is 1.88 bits per heavy atom. The molecule has 4 heteroatoms. The summed E-state index contributed by atoms with van der Waals surface area (Å²) < 4.78 is 5.95. The monoisotopic (exact) mass is 312 g/mol. The third-order valence-corrected chi connectivity index (χ3v) is 3.90. The Labute approximate surface area is 137 Å². The molecule has 114 valence electrons. The average molecular weight is 312 g/mol. The molecular weight excluding hydrogens is 300 g/mol. The summed E-state index contributed by atoms with van der Waals surface area (Å²) in [5.74, 6) is 3.08. The topological polar surface area (TPSA) is 58.6 Å². The van der Waals surface area contributed by atoms with Crippen LogP contribution < -0.4 is 5.36 Å². The predicted molar refractivity (Wildman–Crippen MR) is 92.2 cm³/mol. The van der Waals surface area contributed by atoms with Crippen molar-refractivity contribution in [1.82, 2.24) is 4.98 Å². The lowest BCUT2D eigenvalue weighted by molar-refractivity contribution is 0.302. The van der Waals surface area contributed by atoms with Crippen LogP contribution in [0, 0.1) is 12.3 Å². The molecule has 4 aromatic rings. The maximum atomic E-state index is 9.33. The fourth-order valence-corrected chi connectivity index (χ4v) is 2.69. The molecule has 2 heterocycles. The molecule has 0 saturated carbocycles. The minimum atomic E-state index is 0.407. The van der Waals surface area contributed by atoms with Gasteiger partial charge in [0.05, 0.1) is 0 Å². The number of benzene rings is 2. The Morgan fingerprint density at radius 1 is 1.04 bits per heavy atom. The second-order valence-electron chi connectivity index (χ2n) is 5.37. The lowest BCUT2D eigenvalue weighted by atomic mass is 10.1. The predicted octanol–water partition coefficient (Wildman–Crippen LogP) is 3.92. The van der Waals surface area contributed by atoms with Crippen molar-refractivity contribution in [1.29, 1.82) is 0 Å². The van der Waals surface area contributed by atoms with Crippen LogP contribution in [0.5, 0.6) is 0 Å². The standard InChI is InChI=1S/C20H12N2O2/c1-2-13-7-8-16-17(22-23)11-20(24-19(16)9-13)18-10-14-5-3-4-6-15(14)12-21-18/h1,3-12,23H/b22-17+. The highest BCUT2D eigenvalue weighted by Crippen LogP contribution is 2.24. The van der Waals surface area contributed by atoms with Crippen molar-refractivity contribution in [3.05, 3.63) is 71.7 Å². The third kappa shape index (κ3) is 2.29. The molecule has 1 N–H and O–H groups in total. The first kappa shape index (κ1) is 14.0. The maximum absolute atomic E-state index is 9.33. The van der Waals surface area contributed by atoms with Crippen LogP contribution in [0.3, 0.4) is 0 Å². The van der Waals surface area contributed by atoms with Gasteiger partial charge < -0.3 is 9.62 Å². The van der Waals surface area contributed by atoms with E-state index in [1.165, 1.54) is 0 Å². The van der Waals surface area contributed by atoms with Crippen molar-refractivity contribution in [2.24, 2.45) is 5.16 Å². The highest BCUT2D eigenvalue weighted by atomic mass is 16.4. The number of hydrogen-bond acceptors (Lipinski definition) is 4. The Balaban J connectivity index is 1.99. The Kier molecular flexibility index (Phi) is 3.25. The van der Waals surface area contributed by atoms with Crippen LogP contribution in [0.1, 0.15) is 5.56 Å². The molecule has 0 radical (unpaired) electrons. The van der Waals surface area contributed by atoms with Crippen molar-refractivity contribution in [3.8, 4) is 23.8 Å². The molecule has 0 aliphatic rings. The summed E-state index contributed by atoms with van der Waals surface area (Å²) in [6, 6.07) is 16.8. The largest absolute Gasteiger partial charge is 0.454 e. The van der Waals surface area contributed by atoms with Gasteiger partial charge in [-0.3, -0.25) is 4.98 Å². The smallest absolute Gasteiger partial charge is 0.155 e. The van der Waals surface area contributed by atoms with Crippen molar-refractivity contribution in [2.75, 3.05) is 0 Å². The van der Waals surface area contributed by atoms with Gasteiger partial charge in [-0.25, -0.2) is 0 Å². The minimum absolute atomic E-state index is 0.407. The molecule has 2 aromatic heterocycles. The van der Waals surface area contributed by atoms with Crippen LogP contribution in [-0.2, 0) is 0 Å². The van der Waals surface area contributed by atoms with E-state index in [9.17, 15) is 5.21 Å². The third-order valence-electron chi connectivity index (χ3n) is 3.90. The van der Waals surface area contributed by atoms with E-state index in [0.717, 1.165) is 10.8 Å². The number of pyridine rings is 1. The van der Waals surface area contributed by atoms with Gasteiger partial charge in [0, 0.05) is 28.6 Å². The Hall–Kier alpha value is -3.58. The second-order valence-corrected chi connectivity index (χ2v) is 5.37. The second kappa shape index (κ2) is 5.56. The van der Waals surface area contributed by atoms with Gasteiger partial charge >= 0.3 is 0 Å². The molecule has 0 bridgehead atoms. The molecule has 0 unspecified atom stereocenters. The summed E-state index contributed by atoms with van der Waals surface area (Å²) >= 11 is 0. The van der Waals surface area contributed by atoms with Crippen LogP contribution in [-0.4, -0.2) is 10.2 Å². The molecule has 0 aliphatic carbocycles. The molecule has 2 aromatic carbocycles. The van der Waals surface area contributed by atoms with Crippen molar-refractivity contribution >= 4 is 21.7 Å². The molecule has 0 fully saturated rings. The zero-order chi connectivity index (χ0) is 16.5. The molecule has 4 rings (SSSR count). The Morgan fingerprint density at radius 3 is 2.67 bits per heavy atom. The van der Waals surface area contributed by atoms with Gasteiger partial charge in [0.2, 0.25) is 0 Å². The fraction of sp³-hybridized carbons (Fsp3) is 0. The van der Waals surface area contributed by atoms with Crippen LogP contribution in [0.15, 0.2) is 70.4 Å². The molecule has 0 aliphatic heterocycles. The zero-order valence-corrected chi connectivity index (χ0v) is 12.6. The van der Waals surface area contributed by atoms with E-state index >= 15 is 0 Å². The molecule has 0 spiro atoms. The average Bonchev–Trinajstić information content (AvgIpc) is 2.66. The van der Waals surface area contributed by atoms with Gasteiger partial charge in [0.15, 0.2) is 5.76 Å². The lowest BCUT2D eigenvalue weighted by Gasteiger charge is -2.05. The van der Waals surface area contributed by atoms with Gasteiger partial charge in [-0.2, -0.15) is 0 Å². The van der Waals surface area contributed by atoms with Crippen LogP contribution in [0.2, 0.25) is 0 Å². The SMILES string of the molecule is C#Cc1ccc2/c(=N/O)cc(-c3cc4ccccc4cn3)oc2c1. The summed E-state index contributed by atoms with van der Waals surface area (Å²) in [6.07, 6.45) is 7.24. The van der Waals surface area contributed by atoms with E-state index in [2.05, 4.69) is 16.1 Å². The summed E-state index contributed by atoms with van der Waals surface area (Å²) in [4.78, 5) is 4.44. The van der Waals surface area contributed by atoms with Crippen molar-refractivity contribution in [2.45, 2.75) is 0 Å². The Bertz CT molecular complexity index is 1180. The van der Waals surface area contributed by atoms with E-state index < -0.39 is 0 Å². The van der Waals surface area contributed by atoms with Gasteiger partial charge in [-0.1, -0.05) is 35.3 Å². The molecular formula is C20H12N2O2. The zero-order valence-electron chi connectivity index (χ0n) is 12.6. The first-order chi connectivity index (χ1) is 11.8. The van der Waals surface area contributed by atoms with E-state index in [-0.39, 0.29) is 0 Å². The minimum Gasteiger partial charge on any atom is -0.454 e. The van der Waals surface area contributed by atoms with Gasteiger partial charge in [-0.05, 0) is 29.7 Å². The van der Waals surface area contributed by atoms with E-state index in [1.54, 1.807) is 30.5 Å². The summed E-state index contributed by atoms with van der Waals surface area (Å²) in [5.41, 5.74) is 1.90. The van der Waals surface area contributed by atoms with E-state index in [0.29, 0.717) is 33.3 Å². The van der Waals surface area contributed by atoms with E-state index in [1.807, 2.05) is 30.3 Å². The molecule has 24 heavy (non-hydrogen) atoms. The normalized spacial score (nSPS) is 11.7. The highest BCUT2D eigenvalue weighted by molar-refractivity contribution is 5.85. The van der Waals surface area contributed by atoms with E-state index in [4.69, 9.17) is 10.8 Å². The fourth-order valence-electron chi connectivity index (χ4n) is 2.69. The molecule has 0 amide bonds. The highest BCUT2D eigenvalue weighted by Gasteiger charge is 2.09. The molecule has 4 nitrogen and oxygen atoms in total. The van der Waals surface area contributed by atoms with Crippen LogP contribution >= 0.6 is 0 Å². The van der Waals surface area contributed by atoms with Gasteiger partial charge in [0.1, 0.15) is 16.6 Å². The summed E-state index contributed by atoms with van der Waals surface area (Å²) in [6.45, 7) is 0. The number of nitrogens with zero attached hydrogens (tertiary/aromatic N) is 2. The molecule has 0 saturated heterocycles. The van der Waals surface area contributed by atoms with Crippen LogP contribution in [0.25, 0.3) is 33.2 Å². The number of hydrogen-bond donors (Lipinski definition) is 1. The first-order valence-corrected chi connectivity index (χ1v) is 7.36. The first-order valence-electron chi connectivity index (χ1n) is 7.36. The number of fused-ring (bicyclic) bond motifs is 2. The summed E-state index contributed by atoms with van der Waals surface area (Å²) in [5, 5.41) is 15.9. The number of terminal acetylenes is 1. The maximum Gasteiger partial charge on any atom is 0.155 e.